The minimum absolute atomic E-state index is 0. The molecule has 1 aliphatic heterocycles. The van der Waals surface area contributed by atoms with E-state index in [4.69, 9.17) is 4.74 Å². The fourth-order valence-corrected chi connectivity index (χ4v) is 2.73. The number of nitrogens with zero attached hydrogens (tertiary/aromatic N) is 2. The van der Waals surface area contributed by atoms with Crippen LogP contribution in [0.25, 0.3) is 0 Å². The van der Waals surface area contributed by atoms with Crippen LogP contribution in [-0.2, 0) is 11.2 Å². The quantitative estimate of drug-likeness (QED) is 0.259. The maximum Gasteiger partial charge on any atom is 0.191 e. The number of rotatable bonds is 8. The van der Waals surface area contributed by atoms with Crippen LogP contribution in [0.2, 0.25) is 0 Å². The Bertz CT molecular complexity index is 534. The summed E-state index contributed by atoms with van der Waals surface area (Å²) in [6.45, 7) is 8.71. The van der Waals surface area contributed by atoms with Gasteiger partial charge in [0.1, 0.15) is 11.6 Å². The van der Waals surface area contributed by atoms with Gasteiger partial charge in [0.25, 0.3) is 0 Å². The number of morpholine rings is 1. The van der Waals surface area contributed by atoms with Gasteiger partial charge in [-0.25, -0.2) is 8.78 Å². The number of benzene rings is 1. The molecule has 1 aliphatic rings. The highest BCUT2D eigenvalue weighted by Gasteiger charge is 2.09. The molecule has 0 atom stereocenters. The fraction of sp³-hybridized carbons (Fsp3) is 0.611. The van der Waals surface area contributed by atoms with Crippen molar-refractivity contribution < 1.29 is 13.5 Å². The molecule has 148 valence electrons. The van der Waals surface area contributed by atoms with Crippen molar-refractivity contribution in [1.29, 1.82) is 0 Å². The van der Waals surface area contributed by atoms with Crippen LogP contribution in [0.4, 0.5) is 8.78 Å². The predicted octanol–water partition coefficient (Wildman–Crippen LogP) is 2.40. The molecule has 2 N–H and O–H groups in total. The van der Waals surface area contributed by atoms with Crippen molar-refractivity contribution in [2.24, 2.45) is 4.99 Å². The van der Waals surface area contributed by atoms with Crippen LogP contribution < -0.4 is 10.6 Å². The largest absolute Gasteiger partial charge is 0.379 e. The van der Waals surface area contributed by atoms with Gasteiger partial charge in [-0.3, -0.25) is 9.89 Å². The van der Waals surface area contributed by atoms with E-state index in [9.17, 15) is 8.78 Å². The van der Waals surface area contributed by atoms with Crippen molar-refractivity contribution in [2.75, 3.05) is 52.5 Å². The Morgan fingerprint density at radius 1 is 1.15 bits per heavy atom. The number of halogens is 3. The van der Waals surface area contributed by atoms with Crippen LogP contribution in [0.3, 0.4) is 0 Å². The Labute approximate surface area is 171 Å². The molecule has 1 aromatic carbocycles. The zero-order valence-electron chi connectivity index (χ0n) is 15.3. The zero-order chi connectivity index (χ0) is 17.9. The molecule has 0 amide bonds. The van der Waals surface area contributed by atoms with E-state index in [0.717, 1.165) is 64.4 Å². The molecule has 8 heteroatoms. The summed E-state index contributed by atoms with van der Waals surface area (Å²) in [7, 11) is 0. The van der Waals surface area contributed by atoms with Gasteiger partial charge in [-0.05, 0) is 37.5 Å². The Balaban J connectivity index is 0.00000338. The Hall–Kier alpha value is -1.00. The van der Waals surface area contributed by atoms with Crippen molar-refractivity contribution in [2.45, 2.75) is 19.8 Å². The molecule has 2 rings (SSSR count). The fourth-order valence-electron chi connectivity index (χ4n) is 2.73. The molecule has 0 aliphatic carbocycles. The van der Waals surface area contributed by atoms with Gasteiger partial charge in [-0.1, -0.05) is 0 Å². The van der Waals surface area contributed by atoms with E-state index >= 15 is 0 Å². The summed E-state index contributed by atoms with van der Waals surface area (Å²) >= 11 is 0. The highest BCUT2D eigenvalue weighted by molar-refractivity contribution is 14.0. The number of hydrogen-bond donors (Lipinski definition) is 2. The van der Waals surface area contributed by atoms with Gasteiger partial charge < -0.3 is 15.4 Å². The molecular weight excluding hydrogens is 453 g/mol. The summed E-state index contributed by atoms with van der Waals surface area (Å²) in [4.78, 5) is 6.94. The maximum absolute atomic E-state index is 13.2. The monoisotopic (exact) mass is 482 g/mol. The molecule has 26 heavy (non-hydrogen) atoms. The number of guanidine groups is 1. The SMILES string of the molecule is CCNC(=NCCCN1CCOCC1)NCCc1cc(F)cc(F)c1.I. The topological polar surface area (TPSA) is 48.9 Å². The van der Waals surface area contributed by atoms with E-state index in [1.807, 2.05) is 6.92 Å². The highest BCUT2D eigenvalue weighted by Crippen LogP contribution is 2.08. The standard InChI is InChI=1S/C18H28F2N4O.HI/c1-2-21-18(22-5-3-7-24-8-10-25-11-9-24)23-6-4-15-12-16(19)14-17(20)13-15;/h12-14H,2-11H2,1H3,(H2,21,22,23);1H. The number of aliphatic imine (C=N–C) groups is 1. The first kappa shape index (κ1) is 23.0. The second-order valence-electron chi connectivity index (χ2n) is 6.02. The second kappa shape index (κ2) is 13.2. The highest BCUT2D eigenvalue weighted by atomic mass is 127. The first-order valence-corrected chi connectivity index (χ1v) is 8.94. The van der Waals surface area contributed by atoms with E-state index in [0.29, 0.717) is 18.5 Å². The molecule has 1 aromatic rings. The average molecular weight is 482 g/mol. The van der Waals surface area contributed by atoms with Gasteiger partial charge >= 0.3 is 0 Å². The van der Waals surface area contributed by atoms with Crippen LogP contribution in [0, 0.1) is 11.6 Å². The molecular formula is C18H29F2IN4O. The third-order valence-corrected chi connectivity index (χ3v) is 3.98. The maximum atomic E-state index is 13.2. The van der Waals surface area contributed by atoms with Gasteiger partial charge in [0.2, 0.25) is 0 Å². The lowest BCUT2D eigenvalue weighted by atomic mass is 10.1. The van der Waals surface area contributed by atoms with Crippen molar-refractivity contribution in [3.63, 3.8) is 0 Å². The van der Waals surface area contributed by atoms with Crippen LogP contribution in [-0.4, -0.2) is 63.3 Å². The Kier molecular flexibility index (Phi) is 11.7. The first-order chi connectivity index (χ1) is 12.2. The van der Waals surface area contributed by atoms with Gasteiger partial charge in [-0.15, -0.1) is 24.0 Å². The predicted molar refractivity (Wildman–Crippen MR) is 111 cm³/mol. The normalized spacial score (nSPS) is 15.4. The molecule has 0 radical (unpaired) electrons. The minimum atomic E-state index is -0.543. The van der Waals surface area contributed by atoms with Crippen molar-refractivity contribution >= 4 is 29.9 Å². The first-order valence-electron chi connectivity index (χ1n) is 8.94. The van der Waals surface area contributed by atoms with Gasteiger partial charge in [0, 0.05) is 45.3 Å². The van der Waals surface area contributed by atoms with Crippen LogP contribution in [0.15, 0.2) is 23.2 Å². The van der Waals surface area contributed by atoms with Crippen molar-refractivity contribution in [3.05, 3.63) is 35.4 Å². The van der Waals surface area contributed by atoms with Gasteiger partial charge in [0.05, 0.1) is 13.2 Å². The molecule has 1 saturated heterocycles. The third-order valence-electron chi connectivity index (χ3n) is 3.98. The summed E-state index contributed by atoms with van der Waals surface area (Å²) < 4.78 is 31.7. The zero-order valence-corrected chi connectivity index (χ0v) is 17.6. The van der Waals surface area contributed by atoms with Crippen molar-refractivity contribution in [1.82, 2.24) is 15.5 Å². The summed E-state index contributed by atoms with van der Waals surface area (Å²) in [5.41, 5.74) is 0.633. The molecule has 0 aromatic heterocycles. The number of ether oxygens (including phenoxy) is 1. The lowest BCUT2D eigenvalue weighted by molar-refractivity contribution is 0.0377. The van der Waals surface area contributed by atoms with E-state index < -0.39 is 11.6 Å². The van der Waals surface area contributed by atoms with Crippen LogP contribution in [0.1, 0.15) is 18.9 Å². The summed E-state index contributed by atoms with van der Waals surface area (Å²) in [5, 5.41) is 6.39. The minimum Gasteiger partial charge on any atom is -0.379 e. The lowest BCUT2D eigenvalue weighted by Crippen LogP contribution is -2.39. The Morgan fingerprint density at radius 3 is 2.50 bits per heavy atom. The number of nitrogens with one attached hydrogen (secondary N) is 2. The lowest BCUT2D eigenvalue weighted by Gasteiger charge is -2.26. The summed E-state index contributed by atoms with van der Waals surface area (Å²) in [6, 6.07) is 3.60. The third kappa shape index (κ3) is 9.09. The van der Waals surface area contributed by atoms with Crippen LogP contribution in [0.5, 0.6) is 0 Å². The van der Waals surface area contributed by atoms with Gasteiger partial charge in [0.15, 0.2) is 5.96 Å². The average Bonchev–Trinajstić information content (AvgIpc) is 2.59. The Morgan fingerprint density at radius 2 is 1.85 bits per heavy atom. The van der Waals surface area contributed by atoms with E-state index in [-0.39, 0.29) is 24.0 Å². The molecule has 0 spiro atoms. The van der Waals surface area contributed by atoms with E-state index in [1.54, 1.807) is 0 Å². The van der Waals surface area contributed by atoms with E-state index in [1.165, 1.54) is 12.1 Å². The van der Waals surface area contributed by atoms with Crippen LogP contribution >= 0.6 is 24.0 Å². The summed E-state index contributed by atoms with van der Waals surface area (Å²) in [5.74, 6) is -0.348. The van der Waals surface area contributed by atoms with Gasteiger partial charge in [-0.2, -0.15) is 0 Å². The number of hydrogen-bond acceptors (Lipinski definition) is 3. The summed E-state index contributed by atoms with van der Waals surface area (Å²) in [6.07, 6.45) is 1.53. The molecule has 0 unspecified atom stereocenters. The molecule has 5 nitrogen and oxygen atoms in total. The van der Waals surface area contributed by atoms with Crippen molar-refractivity contribution in [3.8, 4) is 0 Å². The smallest absolute Gasteiger partial charge is 0.191 e. The molecule has 1 heterocycles. The molecule has 0 saturated carbocycles. The second-order valence-corrected chi connectivity index (χ2v) is 6.02. The van der Waals surface area contributed by atoms with E-state index in [2.05, 4.69) is 20.5 Å². The molecule has 0 bridgehead atoms. The molecule has 1 fully saturated rings.